The highest BCUT2D eigenvalue weighted by atomic mass is 16.5. The third kappa shape index (κ3) is 2.50. The first-order valence-corrected chi connectivity index (χ1v) is 6.44. The van der Waals surface area contributed by atoms with Gasteiger partial charge in [0.15, 0.2) is 0 Å². The summed E-state index contributed by atoms with van der Waals surface area (Å²) in [5.74, 6) is 0.398. The number of rotatable bonds is 4. The number of carbonyl (C=O) groups excluding carboxylic acids is 1. The van der Waals surface area contributed by atoms with Gasteiger partial charge >= 0.3 is 0 Å². The second-order valence-electron chi connectivity index (χ2n) is 4.70. The number of primary amides is 1. The number of amides is 1. The fourth-order valence-electron chi connectivity index (χ4n) is 2.43. The zero-order valence-corrected chi connectivity index (χ0v) is 11.9. The van der Waals surface area contributed by atoms with Crippen LogP contribution in [-0.2, 0) is 0 Å². The Morgan fingerprint density at radius 1 is 1.30 bits per heavy atom. The Balaban J connectivity index is 2.51. The second-order valence-corrected chi connectivity index (χ2v) is 4.70. The fourth-order valence-corrected chi connectivity index (χ4v) is 2.43. The number of hydrogen-bond donors (Lipinski definition) is 1. The maximum Gasteiger partial charge on any atom is 0.249 e. The van der Waals surface area contributed by atoms with Crippen LogP contribution in [0.1, 0.15) is 40.0 Å². The molecule has 0 unspecified atom stereocenters. The molecule has 0 fully saturated rings. The van der Waals surface area contributed by atoms with Crippen LogP contribution < -0.4 is 10.5 Å². The van der Waals surface area contributed by atoms with Gasteiger partial charge in [0.05, 0.1) is 12.8 Å². The van der Waals surface area contributed by atoms with E-state index in [9.17, 15) is 4.79 Å². The third-order valence-electron chi connectivity index (χ3n) is 3.52. The van der Waals surface area contributed by atoms with Crippen molar-refractivity contribution in [1.29, 1.82) is 0 Å². The molecule has 0 saturated carbocycles. The summed E-state index contributed by atoms with van der Waals surface area (Å²) in [6.45, 7) is 3.91. The lowest BCUT2D eigenvalue weighted by Crippen LogP contribution is -2.15. The van der Waals surface area contributed by atoms with Crippen LogP contribution in [0, 0.1) is 6.92 Å². The van der Waals surface area contributed by atoms with Gasteiger partial charge in [-0.2, -0.15) is 0 Å². The van der Waals surface area contributed by atoms with Crippen LogP contribution in [0.2, 0.25) is 0 Å². The molecule has 2 aromatic rings. The molecule has 0 aliphatic rings. The molecule has 1 heterocycles. The van der Waals surface area contributed by atoms with E-state index in [2.05, 4.69) is 4.98 Å². The van der Waals surface area contributed by atoms with Crippen molar-refractivity contribution in [3.63, 3.8) is 0 Å². The van der Waals surface area contributed by atoms with Crippen LogP contribution >= 0.6 is 0 Å². The standard InChI is InChI=1S/C16H18N2O2/c1-10(12-6-4-5-7-14(12)20-3)15-11(2)13(16(17)19)8-9-18-15/h4-10H,1-3H3,(H2,17,19)/t10-/m1/s1. The predicted molar refractivity (Wildman–Crippen MR) is 78.0 cm³/mol. The summed E-state index contributed by atoms with van der Waals surface area (Å²) < 4.78 is 5.39. The number of ether oxygens (including phenoxy) is 1. The van der Waals surface area contributed by atoms with Gasteiger partial charge in [-0.15, -0.1) is 0 Å². The zero-order chi connectivity index (χ0) is 14.7. The Hall–Kier alpha value is -2.36. The number of pyridine rings is 1. The molecule has 4 nitrogen and oxygen atoms in total. The molecule has 0 bridgehead atoms. The Labute approximate surface area is 118 Å². The lowest BCUT2D eigenvalue weighted by molar-refractivity contribution is 0.0999. The minimum absolute atomic E-state index is 0.0189. The Morgan fingerprint density at radius 3 is 2.65 bits per heavy atom. The highest BCUT2D eigenvalue weighted by Gasteiger charge is 2.19. The summed E-state index contributed by atoms with van der Waals surface area (Å²) in [5.41, 5.74) is 8.59. The Kier molecular flexibility index (Phi) is 4.03. The van der Waals surface area contributed by atoms with Crippen molar-refractivity contribution in [3.8, 4) is 5.75 Å². The smallest absolute Gasteiger partial charge is 0.249 e. The molecule has 0 radical (unpaired) electrons. The summed E-state index contributed by atoms with van der Waals surface area (Å²) in [5, 5.41) is 0. The van der Waals surface area contributed by atoms with Crippen LogP contribution in [-0.4, -0.2) is 18.0 Å². The molecular formula is C16H18N2O2. The molecule has 0 saturated heterocycles. The average molecular weight is 270 g/mol. The number of nitrogens with zero attached hydrogens (tertiary/aromatic N) is 1. The molecule has 1 aromatic heterocycles. The molecule has 1 atom stereocenters. The maximum absolute atomic E-state index is 11.4. The van der Waals surface area contributed by atoms with Gasteiger partial charge in [0.25, 0.3) is 0 Å². The van der Waals surface area contributed by atoms with Crippen LogP contribution in [0.4, 0.5) is 0 Å². The van der Waals surface area contributed by atoms with Gasteiger partial charge in [-0.05, 0) is 24.6 Å². The normalized spacial score (nSPS) is 11.9. The van der Waals surface area contributed by atoms with Gasteiger partial charge < -0.3 is 10.5 Å². The van der Waals surface area contributed by atoms with Crippen molar-refractivity contribution in [2.75, 3.05) is 7.11 Å². The van der Waals surface area contributed by atoms with Gasteiger partial charge in [0.1, 0.15) is 5.75 Å². The first-order chi connectivity index (χ1) is 9.56. The van der Waals surface area contributed by atoms with E-state index in [4.69, 9.17) is 10.5 Å². The predicted octanol–water partition coefficient (Wildman–Crippen LogP) is 2.65. The molecule has 2 N–H and O–H groups in total. The van der Waals surface area contributed by atoms with E-state index in [1.54, 1.807) is 19.4 Å². The number of para-hydroxylation sites is 1. The van der Waals surface area contributed by atoms with Gasteiger partial charge in [-0.25, -0.2) is 0 Å². The molecule has 4 heteroatoms. The number of methoxy groups -OCH3 is 1. The first-order valence-electron chi connectivity index (χ1n) is 6.44. The van der Waals surface area contributed by atoms with Crippen molar-refractivity contribution in [1.82, 2.24) is 4.98 Å². The molecule has 104 valence electrons. The molecule has 2 rings (SSSR count). The van der Waals surface area contributed by atoms with E-state index < -0.39 is 5.91 Å². The van der Waals surface area contributed by atoms with Crippen LogP contribution in [0.25, 0.3) is 0 Å². The van der Waals surface area contributed by atoms with Crippen LogP contribution in [0.15, 0.2) is 36.5 Å². The topological polar surface area (TPSA) is 65.2 Å². The van der Waals surface area contributed by atoms with Gasteiger partial charge in [-0.3, -0.25) is 9.78 Å². The van der Waals surface area contributed by atoms with Gasteiger partial charge in [0.2, 0.25) is 5.91 Å². The second kappa shape index (κ2) is 5.74. The van der Waals surface area contributed by atoms with Crippen molar-refractivity contribution >= 4 is 5.91 Å². The number of nitrogens with two attached hydrogens (primary N) is 1. The minimum Gasteiger partial charge on any atom is -0.496 e. The average Bonchev–Trinajstić information content (AvgIpc) is 2.46. The van der Waals surface area contributed by atoms with Gasteiger partial charge in [-0.1, -0.05) is 25.1 Å². The summed E-state index contributed by atoms with van der Waals surface area (Å²) in [6, 6.07) is 9.45. The largest absolute Gasteiger partial charge is 0.496 e. The number of aromatic nitrogens is 1. The van der Waals surface area contributed by atoms with E-state index in [-0.39, 0.29) is 5.92 Å². The van der Waals surface area contributed by atoms with E-state index in [0.717, 1.165) is 22.6 Å². The quantitative estimate of drug-likeness (QED) is 0.928. The zero-order valence-electron chi connectivity index (χ0n) is 11.9. The highest BCUT2D eigenvalue weighted by Crippen LogP contribution is 2.32. The summed E-state index contributed by atoms with van der Waals surface area (Å²) in [4.78, 5) is 15.8. The molecule has 0 aliphatic carbocycles. The highest BCUT2D eigenvalue weighted by molar-refractivity contribution is 5.94. The Morgan fingerprint density at radius 2 is 2.00 bits per heavy atom. The SMILES string of the molecule is COc1ccccc1[C@@H](C)c1nccc(C(N)=O)c1C. The van der Waals surface area contributed by atoms with Crippen molar-refractivity contribution in [3.05, 3.63) is 58.9 Å². The fraction of sp³-hybridized carbons (Fsp3) is 0.250. The summed E-state index contributed by atoms with van der Waals surface area (Å²) >= 11 is 0. The number of carbonyl (C=O) groups is 1. The molecule has 0 spiro atoms. The monoisotopic (exact) mass is 270 g/mol. The van der Waals surface area contributed by atoms with E-state index in [1.165, 1.54) is 0 Å². The van der Waals surface area contributed by atoms with Crippen molar-refractivity contribution in [2.45, 2.75) is 19.8 Å². The molecule has 1 aromatic carbocycles. The molecule has 0 aliphatic heterocycles. The number of hydrogen-bond acceptors (Lipinski definition) is 3. The van der Waals surface area contributed by atoms with E-state index in [0.29, 0.717) is 5.56 Å². The minimum atomic E-state index is -0.432. The lowest BCUT2D eigenvalue weighted by atomic mass is 9.92. The van der Waals surface area contributed by atoms with Crippen molar-refractivity contribution < 1.29 is 9.53 Å². The Bertz CT molecular complexity index is 638. The molecule has 1 amide bonds. The van der Waals surface area contributed by atoms with Gasteiger partial charge in [0, 0.05) is 23.2 Å². The van der Waals surface area contributed by atoms with Crippen LogP contribution in [0.3, 0.4) is 0 Å². The van der Waals surface area contributed by atoms with E-state index in [1.807, 2.05) is 38.1 Å². The van der Waals surface area contributed by atoms with Crippen molar-refractivity contribution in [2.24, 2.45) is 5.73 Å². The van der Waals surface area contributed by atoms with Crippen LogP contribution in [0.5, 0.6) is 5.75 Å². The number of benzene rings is 1. The first kappa shape index (κ1) is 14.1. The molecular weight excluding hydrogens is 252 g/mol. The summed E-state index contributed by atoms with van der Waals surface area (Å²) in [6.07, 6.45) is 1.62. The maximum atomic E-state index is 11.4. The lowest BCUT2D eigenvalue weighted by Gasteiger charge is -2.18. The third-order valence-corrected chi connectivity index (χ3v) is 3.52. The van der Waals surface area contributed by atoms with E-state index >= 15 is 0 Å². The molecule has 20 heavy (non-hydrogen) atoms. The summed E-state index contributed by atoms with van der Waals surface area (Å²) in [7, 11) is 1.64.